The summed E-state index contributed by atoms with van der Waals surface area (Å²) >= 11 is 3.37. The molecule has 0 aliphatic rings. The molecule has 0 radical (unpaired) electrons. The molecule has 1 amide bonds. The van der Waals surface area contributed by atoms with E-state index in [2.05, 4.69) is 26.2 Å². The van der Waals surface area contributed by atoms with Gasteiger partial charge in [-0.25, -0.2) is 4.98 Å². The number of anilines is 1. The Morgan fingerprint density at radius 3 is 2.62 bits per heavy atom. The van der Waals surface area contributed by atoms with E-state index in [0.29, 0.717) is 17.1 Å². The molecule has 1 N–H and O–H groups in total. The number of fused-ring (bicyclic) bond motifs is 1. The topological polar surface area (TPSA) is 55.1 Å². The van der Waals surface area contributed by atoms with Crippen molar-refractivity contribution in [2.24, 2.45) is 0 Å². The van der Waals surface area contributed by atoms with Gasteiger partial charge in [0.15, 0.2) is 5.58 Å². The predicted octanol–water partition coefficient (Wildman–Crippen LogP) is 5.82. The minimum atomic E-state index is -0.156. The van der Waals surface area contributed by atoms with Gasteiger partial charge in [0.2, 0.25) is 5.89 Å². The fraction of sp³-hybridized carbons (Fsp3) is 0.0476. The molecular weight excluding hydrogens is 392 g/mol. The maximum atomic E-state index is 12.3. The number of oxazole rings is 1. The largest absolute Gasteiger partial charge is 0.436 e. The van der Waals surface area contributed by atoms with Crippen LogP contribution in [0.25, 0.3) is 22.6 Å². The summed E-state index contributed by atoms with van der Waals surface area (Å²) in [6.07, 6.45) is 0. The summed E-state index contributed by atoms with van der Waals surface area (Å²) in [6, 6.07) is 20.6. The number of hydrogen-bond donors (Lipinski definition) is 1. The Bertz CT molecular complexity index is 1100. The first-order valence-corrected chi connectivity index (χ1v) is 8.92. The SMILES string of the molecule is Cc1ccc2nc(-c3ccc(NC(=O)c4cccc(Br)c4)cc3)oc2c1. The van der Waals surface area contributed by atoms with Crippen LogP contribution in [0.5, 0.6) is 0 Å². The standard InChI is InChI=1S/C21H15BrN2O2/c1-13-5-10-18-19(11-13)26-21(24-18)14-6-8-17(9-7-14)23-20(25)15-3-2-4-16(22)12-15/h2-12H,1H3,(H,23,25). The van der Waals surface area contributed by atoms with E-state index in [1.165, 1.54) is 0 Å². The first-order chi connectivity index (χ1) is 12.6. The third-order valence-corrected chi connectivity index (χ3v) is 4.51. The number of nitrogens with zero attached hydrogens (tertiary/aromatic N) is 1. The van der Waals surface area contributed by atoms with E-state index in [0.717, 1.165) is 26.7 Å². The molecule has 0 spiro atoms. The van der Waals surface area contributed by atoms with Gasteiger partial charge in [-0.3, -0.25) is 4.79 Å². The Morgan fingerprint density at radius 2 is 1.85 bits per heavy atom. The van der Waals surface area contributed by atoms with E-state index in [4.69, 9.17) is 4.42 Å². The number of rotatable bonds is 3. The zero-order chi connectivity index (χ0) is 18.1. The predicted molar refractivity (Wildman–Crippen MR) is 106 cm³/mol. The summed E-state index contributed by atoms with van der Waals surface area (Å²) in [7, 11) is 0. The molecule has 0 aliphatic heterocycles. The Hall–Kier alpha value is -2.92. The lowest BCUT2D eigenvalue weighted by atomic mass is 10.2. The molecule has 128 valence electrons. The van der Waals surface area contributed by atoms with E-state index >= 15 is 0 Å². The van der Waals surface area contributed by atoms with Crippen LogP contribution in [0.4, 0.5) is 5.69 Å². The maximum absolute atomic E-state index is 12.3. The van der Waals surface area contributed by atoms with E-state index in [-0.39, 0.29) is 5.91 Å². The van der Waals surface area contributed by atoms with Crippen molar-refractivity contribution < 1.29 is 9.21 Å². The highest BCUT2D eigenvalue weighted by Crippen LogP contribution is 2.26. The van der Waals surface area contributed by atoms with Gasteiger partial charge in [-0.1, -0.05) is 28.1 Å². The third-order valence-electron chi connectivity index (χ3n) is 4.02. The third kappa shape index (κ3) is 3.39. The van der Waals surface area contributed by atoms with Gasteiger partial charge in [0.1, 0.15) is 5.52 Å². The average molecular weight is 407 g/mol. The van der Waals surface area contributed by atoms with Gasteiger partial charge in [0.05, 0.1) is 0 Å². The summed E-state index contributed by atoms with van der Waals surface area (Å²) in [4.78, 5) is 16.8. The minimum absolute atomic E-state index is 0.156. The van der Waals surface area contributed by atoms with Gasteiger partial charge in [-0.15, -0.1) is 0 Å². The van der Waals surface area contributed by atoms with Gasteiger partial charge in [-0.05, 0) is 67.1 Å². The second kappa shape index (κ2) is 6.77. The van der Waals surface area contributed by atoms with Crippen LogP contribution in [0.3, 0.4) is 0 Å². The molecule has 0 fully saturated rings. The number of carbonyl (C=O) groups is 1. The van der Waals surface area contributed by atoms with Crippen molar-refractivity contribution in [1.29, 1.82) is 0 Å². The normalized spacial score (nSPS) is 10.8. The summed E-state index contributed by atoms with van der Waals surface area (Å²) < 4.78 is 6.70. The number of carbonyl (C=O) groups excluding carboxylic acids is 1. The van der Waals surface area contributed by atoms with Crippen molar-refractivity contribution >= 4 is 38.6 Å². The molecule has 3 aromatic carbocycles. The monoisotopic (exact) mass is 406 g/mol. The Kier molecular flexibility index (Phi) is 4.31. The fourth-order valence-electron chi connectivity index (χ4n) is 2.68. The molecule has 4 aromatic rings. The van der Waals surface area contributed by atoms with Crippen LogP contribution >= 0.6 is 15.9 Å². The van der Waals surface area contributed by atoms with Crippen LogP contribution in [0.2, 0.25) is 0 Å². The van der Waals surface area contributed by atoms with Crippen LogP contribution in [0, 0.1) is 6.92 Å². The number of hydrogen-bond acceptors (Lipinski definition) is 3. The van der Waals surface area contributed by atoms with Crippen molar-refractivity contribution in [2.45, 2.75) is 6.92 Å². The van der Waals surface area contributed by atoms with Crippen molar-refractivity contribution in [3.63, 3.8) is 0 Å². The smallest absolute Gasteiger partial charge is 0.255 e. The van der Waals surface area contributed by atoms with Gasteiger partial charge in [0, 0.05) is 21.3 Å². The van der Waals surface area contributed by atoms with Crippen molar-refractivity contribution in [3.05, 3.63) is 82.3 Å². The number of amides is 1. The number of halogens is 1. The highest BCUT2D eigenvalue weighted by molar-refractivity contribution is 9.10. The molecule has 4 nitrogen and oxygen atoms in total. The van der Waals surface area contributed by atoms with Crippen LogP contribution in [0.15, 0.2) is 75.6 Å². The van der Waals surface area contributed by atoms with E-state index in [1.54, 1.807) is 12.1 Å². The van der Waals surface area contributed by atoms with Crippen LogP contribution in [-0.2, 0) is 0 Å². The number of aromatic nitrogens is 1. The summed E-state index contributed by atoms with van der Waals surface area (Å²) in [5.41, 5.74) is 4.90. The number of aryl methyl sites for hydroxylation is 1. The van der Waals surface area contributed by atoms with Gasteiger partial charge in [-0.2, -0.15) is 0 Å². The molecule has 1 aromatic heterocycles. The number of benzene rings is 3. The fourth-order valence-corrected chi connectivity index (χ4v) is 3.08. The Labute approximate surface area is 159 Å². The molecule has 0 saturated carbocycles. The second-order valence-corrected chi connectivity index (χ2v) is 6.95. The lowest BCUT2D eigenvalue weighted by Crippen LogP contribution is -2.11. The molecule has 0 saturated heterocycles. The summed E-state index contributed by atoms with van der Waals surface area (Å²) in [5.74, 6) is 0.409. The summed E-state index contributed by atoms with van der Waals surface area (Å²) in [6.45, 7) is 2.02. The average Bonchev–Trinajstić information content (AvgIpc) is 3.05. The van der Waals surface area contributed by atoms with Crippen LogP contribution < -0.4 is 5.32 Å². The molecule has 0 unspecified atom stereocenters. The van der Waals surface area contributed by atoms with Crippen molar-refractivity contribution in [1.82, 2.24) is 4.98 Å². The lowest BCUT2D eigenvalue weighted by molar-refractivity contribution is 0.102. The molecule has 0 bridgehead atoms. The molecular formula is C21H15BrN2O2. The molecule has 1 heterocycles. The minimum Gasteiger partial charge on any atom is -0.436 e. The van der Waals surface area contributed by atoms with Gasteiger partial charge in [0.25, 0.3) is 5.91 Å². The first kappa shape index (κ1) is 16.5. The van der Waals surface area contributed by atoms with Crippen LogP contribution in [0.1, 0.15) is 15.9 Å². The second-order valence-electron chi connectivity index (χ2n) is 6.03. The van der Waals surface area contributed by atoms with E-state index in [9.17, 15) is 4.79 Å². The maximum Gasteiger partial charge on any atom is 0.255 e. The summed E-state index contributed by atoms with van der Waals surface area (Å²) in [5, 5.41) is 2.89. The lowest BCUT2D eigenvalue weighted by Gasteiger charge is -2.06. The van der Waals surface area contributed by atoms with Crippen molar-refractivity contribution in [2.75, 3.05) is 5.32 Å². The molecule has 26 heavy (non-hydrogen) atoms. The zero-order valence-electron chi connectivity index (χ0n) is 14.0. The van der Waals surface area contributed by atoms with Gasteiger partial charge < -0.3 is 9.73 Å². The van der Waals surface area contributed by atoms with Crippen LogP contribution in [-0.4, -0.2) is 10.9 Å². The molecule has 5 heteroatoms. The Balaban J connectivity index is 1.55. The number of nitrogens with one attached hydrogen (secondary N) is 1. The van der Waals surface area contributed by atoms with E-state index < -0.39 is 0 Å². The van der Waals surface area contributed by atoms with Crippen molar-refractivity contribution in [3.8, 4) is 11.5 Å². The first-order valence-electron chi connectivity index (χ1n) is 8.13. The quantitative estimate of drug-likeness (QED) is 0.466. The zero-order valence-corrected chi connectivity index (χ0v) is 15.6. The van der Waals surface area contributed by atoms with E-state index in [1.807, 2.05) is 61.5 Å². The Morgan fingerprint density at radius 1 is 1.04 bits per heavy atom. The molecule has 0 aliphatic carbocycles. The molecule has 4 rings (SSSR count). The molecule has 0 atom stereocenters. The highest BCUT2D eigenvalue weighted by Gasteiger charge is 2.10. The van der Waals surface area contributed by atoms with Gasteiger partial charge >= 0.3 is 0 Å². The highest BCUT2D eigenvalue weighted by atomic mass is 79.9.